The topological polar surface area (TPSA) is 76.1 Å². The highest BCUT2D eigenvalue weighted by atomic mass is 32.1. The monoisotopic (exact) mass is 396 g/mol. The molecule has 2 N–H and O–H groups in total. The highest BCUT2D eigenvalue weighted by Crippen LogP contribution is 2.21. The summed E-state index contributed by atoms with van der Waals surface area (Å²) in [4.78, 5) is 20.5. The quantitative estimate of drug-likeness (QED) is 0.645. The lowest BCUT2D eigenvalue weighted by Gasteiger charge is -2.10. The summed E-state index contributed by atoms with van der Waals surface area (Å²) in [5.41, 5.74) is 2.62. The van der Waals surface area contributed by atoms with Crippen LogP contribution >= 0.6 is 12.2 Å². The maximum absolute atomic E-state index is 12.9. The fourth-order valence-electron chi connectivity index (χ4n) is 2.39. The molecule has 0 aliphatic carbocycles. The number of hydrogen-bond donors (Lipinski definition) is 2. The molecule has 6 nitrogen and oxygen atoms in total. The van der Waals surface area contributed by atoms with Gasteiger partial charge < -0.3 is 10.1 Å². The molecule has 0 unspecified atom stereocenters. The second-order valence-electron chi connectivity index (χ2n) is 5.97. The van der Waals surface area contributed by atoms with Crippen LogP contribution in [0, 0.1) is 19.7 Å². The average Bonchev–Trinajstić information content (AvgIpc) is 2.63. The van der Waals surface area contributed by atoms with Gasteiger partial charge in [0.05, 0.1) is 0 Å². The molecule has 0 atom stereocenters. The normalized spacial score (nSPS) is 10.2. The number of aromatic nitrogens is 2. The second kappa shape index (κ2) is 8.53. The van der Waals surface area contributed by atoms with Crippen molar-refractivity contribution >= 4 is 28.9 Å². The van der Waals surface area contributed by atoms with Crippen molar-refractivity contribution in [3.05, 3.63) is 77.4 Å². The Morgan fingerprint density at radius 3 is 2.21 bits per heavy atom. The van der Waals surface area contributed by atoms with E-state index in [1.807, 2.05) is 19.9 Å². The number of nitrogens with zero attached hydrogens (tertiary/aromatic N) is 2. The molecule has 2 aromatic carbocycles. The van der Waals surface area contributed by atoms with Gasteiger partial charge in [-0.2, -0.15) is 0 Å². The summed E-state index contributed by atoms with van der Waals surface area (Å²) in [5.74, 6) is -0.271. The number of nitrogens with one attached hydrogen (secondary N) is 2. The zero-order chi connectivity index (χ0) is 20.1. The smallest absolute Gasteiger partial charge is 0.322 e. The minimum Gasteiger partial charge on any atom is -0.424 e. The van der Waals surface area contributed by atoms with Crippen LogP contribution in [0.3, 0.4) is 0 Å². The van der Waals surface area contributed by atoms with Crippen molar-refractivity contribution in [3.8, 4) is 11.8 Å². The molecule has 0 saturated carbocycles. The van der Waals surface area contributed by atoms with Gasteiger partial charge in [-0.05, 0) is 80.7 Å². The molecule has 0 bridgehead atoms. The first-order chi connectivity index (χ1) is 13.4. The molecule has 1 amide bonds. The zero-order valence-electron chi connectivity index (χ0n) is 15.2. The van der Waals surface area contributed by atoms with E-state index in [-0.39, 0.29) is 11.1 Å². The van der Waals surface area contributed by atoms with Crippen molar-refractivity contribution in [2.45, 2.75) is 13.8 Å². The number of ether oxygens (including phenoxy) is 1. The molecule has 28 heavy (non-hydrogen) atoms. The Labute approximate surface area is 166 Å². The standard InChI is InChI=1S/C20H17FN4O2S/c1-12-11-13(2)23-19(22-12)27-17-9-7-16(8-10-17)24-20(28)25-18(26)14-3-5-15(21)6-4-14/h3-11H,1-2H3,(H2,24,25,26,28). The second-order valence-corrected chi connectivity index (χ2v) is 6.38. The Balaban J connectivity index is 1.58. The van der Waals surface area contributed by atoms with E-state index in [1.54, 1.807) is 24.3 Å². The number of carbonyl (C=O) groups excluding carboxylic acids is 1. The molecule has 3 aromatic rings. The van der Waals surface area contributed by atoms with E-state index in [4.69, 9.17) is 17.0 Å². The van der Waals surface area contributed by atoms with Crippen LogP contribution < -0.4 is 15.4 Å². The van der Waals surface area contributed by atoms with E-state index in [2.05, 4.69) is 20.6 Å². The number of carbonyl (C=O) groups is 1. The molecule has 3 rings (SSSR count). The maximum atomic E-state index is 12.9. The Kier molecular flexibility index (Phi) is 5.90. The Hall–Kier alpha value is -3.39. The van der Waals surface area contributed by atoms with Crippen LogP contribution in [0.5, 0.6) is 11.8 Å². The van der Waals surface area contributed by atoms with Gasteiger partial charge in [-0.3, -0.25) is 10.1 Å². The van der Waals surface area contributed by atoms with Gasteiger partial charge >= 0.3 is 6.01 Å². The lowest BCUT2D eigenvalue weighted by atomic mass is 10.2. The van der Waals surface area contributed by atoms with Crippen molar-refractivity contribution in [3.63, 3.8) is 0 Å². The van der Waals surface area contributed by atoms with Crippen LogP contribution in [-0.4, -0.2) is 21.0 Å². The third-order valence-electron chi connectivity index (χ3n) is 3.62. The van der Waals surface area contributed by atoms with E-state index in [0.29, 0.717) is 17.0 Å². The molecular weight excluding hydrogens is 379 g/mol. The summed E-state index contributed by atoms with van der Waals surface area (Å²) < 4.78 is 18.6. The first kappa shape index (κ1) is 19.4. The van der Waals surface area contributed by atoms with Crippen LogP contribution in [0.4, 0.5) is 10.1 Å². The predicted octanol–water partition coefficient (Wildman–Crippen LogP) is 4.15. The summed E-state index contributed by atoms with van der Waals surface area (Å²) in [6, 6.07) is 14.3. The van der Waals surface area contributed by atoms with E-state index < -0.39 is 11.7 Å². The van der Waals surface area contributed by atoms with E-state index in [0.717, 1.165) is 11.4 Å². The summed E-state index contributed by atoms with van der Waals surface area (Å²) in [6.45, 7) is 3.74. The molecule has 0 radical (unpaired) electrons. The fourth-order valence-corrected chi connectivity index (χ4v) is 2.60. The third kappa shape index (κ3) is 5.31. The van der Waals surface area contributed by atoms with Gasteiger partial charge in [-0.1, -0.05) is 0 Å². The van der Waals surface area contributed by atoms with Gasteiger partial charge in [0.15, 0.2) is 5.11 Å². The number of amides is 1. The SMILES string of the molecule is Cc1cc(C)nc(Oc2ccc(NC(=S)NC(=O)c3ccc(F)cc3)cc2)n1. The Morgan fingerprint density at radius 2 is 1.61 bits per heavy atom. The van der Waals surface area contributed by atoms with Gasteiger partial charge in [0.25, 0.3) is 5.91 Å². The van der Waals surface area contributed by atoms with E-state index in [9.17, 15) is 9.18 Å². The summed E-state index contributed by atoms with van der Waals surface area (Å²) in [6.07, 6.45) is 0. The number of anilines is 1. The van der Waals surface area contributed by atoms with Crippen LogP contribution in [-0.2, 0) is 0 Å². The van der Waals surface area contributed by atoms with Gasteiger partial charge in [-0.25, -0.2) is 14.4 Å². The Bertz CT molecular complexity index is 987. The molecular formula is C20H17FN4O2S. The number of rotatable bonds is 4. The number of hydrogen-bond acceptors (Lipinski definition) is 5. The third-order valence-corrected chi connectivity index (χ3v) is 3.82. The first-order valence-corrected chi connectivity index (χ1v) is 8.78. The maximum Gasteiger partial charge on any atom is 0.322 e. The number of benzene rings is 2. The van der Waals surface area contributed by atoms with Crippen LogP contribution in [0.15, 0.2) is 54.6 Å². The van der Waals surface area contributed by atoms with Gasteiger partial charge in [-0.15, -0.1) is 0 Å². The molecule has 1 aromatic heterocycles. The average molecular weight is 396 g/mol. The summed E-state index contributed by atoms with van der Waals surface area (Å²) >= 11 is 5.14. The fraction of sp³-hybridized carbons (Fsp3) is 0.100. The first-order valence-electron chi connectivity index (χ1n) is 8.37. The van der Waals surface area contributed by atoms with E-state index >= 15 is 0 Å². The zero-order valence-corrected chi connectivity index (χ0v) is 16.0. The number of thiocarbonyl (C=S) groups is 1. The largest absolute Gasteiger partial charge is 0.424 e. The molecule has 0 aliphatic heterocycles. The lowest BCUT2D eigenvalue weighted by molar-refractivity contribution is 0.0977. The number of aryl methyl sites for hydroxylation is 2. The lowest BCUT2D eigenvalue weighted by Crippen LogP contribution is -2.34. The van der Waals surface area contributed by atoms with Crippen molar-refractivity contribution in [1.29, 1.82) is 0 Å². The van der Waals surface area contributed by atoms with Crippen molar-refractivity contribution in [1.82, 2.24) is 15.3 Å². The summed E-state index contributed by atoms with van der Waals surface area (Å²) in [5, 5.41) is 5.57. The van der Waals surface area contributed by atoms with Crippen LogP contribution in [0.1, 0.15) is 21.7 Å². The van der Waals surface area contributed by atoms with Crippen LogP contribution in [0.25, 0.3) is 0 Å². The highest BCUT2D eigenvalue weighted by molar-refractivity contribution is 7.80. The van der Waals surface area contributed by atoms with Gasteiger partial charge in [0.2, 0.25) is 0 Å². The number of halogens is 1. The van der Waals surface area contributed by atoms with Gasteiger partial charge in [0.1, 0.15) is 11.6 Å². The van der Waals surface area contributed by atoms with Gasteiger partial charge in [0, 0.05) is 22.6 Å². The molecule has 8 heteroatoms. The Morgan fingerprint density at radius 1 is 1.00 bits per heavy atom. The molecule has 0 spiro atoms. The molecule has 142 valence electrons. The molecule has 1 heterocycles. The van der Waals surface area contributed by atoms with Crippen molar-refractivity contribution in [2.75, 3.05) is 5.32 Å². The van der Waals surface area contributed by atoms with Crippen LogP contribution in [0.2, 0.25) is 0 Å². The summed E-state index contributed by atoms with van der Waals surface area (Å²) in [7, 11) is 0. The molecule has 0 aliphatic rings. The minimum atomic E-state index is -0.426. The highest BCUT2D eigenvalue weighted by Gasteiger charge is 2.08. The van der Waals surface area contributed by atoms with Crippen molar-refractivity contribution < 1.29 is 13.9 Å². The molecule has 0 saturated heterocycles. The minimum absolute atomic E-state index is 0.126. The van der Waals surface area contributed by atoms with E-state index in [1.165, 1.54) is 24.3 Å². The van der Waals surface area contributed by atoms with Crippen molar-refractivity contribution in [2.24, 2.45) is 0 Å². The predicted molar refractivity (Wildman–Crippen MR) is 108 cm³/mol. The molecule has 0 fully saturated rings.